The molecule has 1 saturated heterocycles. The molecule has 3 aromatic rings. The molecule has 1 aromatic heterocycles. The quantitative estimate of drug-likeness (QED) is 0.509. The molecule has 1 aliphatic heterocycles. The molecule has 4 rings (SSSR count). The van der Waals surface area contributed by atoms with Crippen molar-refractivity contribution in [1.29, 1.82) is 0 Å². The fraction of sp³-hybridized carbons (Fsp3) is 0.250. The van der Waals surface area contributed by atoms with Crippen molar-refractivity contribution < 1.29 is 19.7 Å². The zero-order valence-corrected chi connectivity index (χ0v) is 15.2. The standard InChI is InChI=1S/C20H19N3O6/c24-10-16-15(25)8-17(29-16)23-9-13(19(27)22-20(23)28)18(26)21-14-7-3-5-11-4-1-2-6-12(11)14/h1-7,9,15-17,24-25H,8,10H2,(H,21,26)(H,22,27,28)/t15-,16+,17+/m0/s1. The molecule has 1 fully saturated rings. The molecule has 1 aliphatic rings. The van der Waals surface area contributed by atoms with Crippen LogP contribution in [0.1, 0.15) is 23.0 Å². The first-order valence-electron chi connectivity index (χ1n) is 9.07. The molecule has 0 bridgehead atoms. The summed E-state index contributed by atoms with van der Waals surface area (Å²) < 4.78 is 6.49. The highest BCUT2D eigenvalue weighted by molar-refractivity contribution is 6.08. The predicted octanol–water partition coefficient (Wildman–Crippen LogP) is 0.583. The van der Waals surface area contributed by atoms with E-state index in [1.807, 2.05) is 30.3 Å². The van der Waals surface area contributed by atoms with E-state index < -0.39 is 42.2 Å². The van der Waals surface area contributed by atoms with Crippen LogP contribution in [0, 0.1) is 0 Å². The summed E-state index contributed by atoms with van der Waals surface area (Å²) in [5.74, 6) is -0.686. The van der Waals surface area contributed by atoms with Gasteiger partial charge < -0.3 is 20.3 Å². The molecule has 29 heavy (non-hydrogen) atoms. The lowest BCUT2D eigenvalue weighted by molar-refractivity contribution is -0.0459. The van der Waals surface area contributed by atoms with Crippen LogP contribution in [0.25, 0.3) is 10.8 Å². The van der Waals surface area contributed by atoms with E-state index in [1.165, 1.54) is 0 Å². The minimum absolute atomic E-state index is 0.0432. The highest BCUT2D eigenvalue weighted by Crippen LogP contribution is 2.27. The first kappa shape index (κ1) is 19.1. The van der Waals surface area contributed by atoms with Gasteiger partial charge in [-0.05, 0) is 11.5 Å². The van der Waals surface area contributed by atoms with E-state index in [0.29, 0.717) is 5.69 Å². The first-order valence-corrected chi connectivity index (χ1v) is 9.07. The lowest BCUT2D eigenvalue weighted by atomic mass is 10.1. The van der Waals surface area contributed by atoms with E-state index in [9.17, 15) is 24.6 Å². The SMILES string of the molecule is O=C(Nc1cccc2ccccc12)c1cn([C@H]2C[C@H](O)[C@@H](CO)O2)c(=O)[nH]c1=O. The maximum absolute atomic E-state index is 12.8. The van der Waals surface area contributed by atoms with Gasteiger partial charge in [-0.2, -0.15) is 0 Å². The molecule has 0 unspecified atom stereocenters. The number of rotatable bonds is 4. The van der Waals surface area contributed by atoms with E-state index in [-0.39, 0.29) is 12.0 Å². The number of aromatic nitrogens is 2. The second-order valence-electron chi connectivity index (χ2n) is 6.80. The van der Waals surface area contributed by atoms with E-state index in [0.717, 1.165) is 21.5 Å². The summed E-state index contributed by atoms with van der Waals surface area (Å²) in [6.45, 7) is -0.413. The Morgan fingerprint density at radius 1 is 1.21 bits per heavy atom. The fourth-order valence-electron chi connectivity index (χ4n) is 3.44. The molecule has 4 N–H and O–H groups in total. The summed E-state index contributed by atoms with van der Waals surface area (Å²) in [6, 6.07) is 12.9. The number of carbonyl (C=O) groups excluding carboxylic acids is 1. The number of ether oxygens (including phenoxy) is 1. The molecule has 0 saturated carbocycles. The number of fused-ring (bicyclic) bond motifs is 1. The Morgan fingerprint density at radius 3 is 2.72 bits per heavy atom. The fourth-order valence-corrected chi connectivity index (χ4v) is 3.44. The minimum Gasteiger partial charge on any atom is -0.394 e. The number of nitrogens with one attached hydrogen (secondary N) is 2. The minimum atomic E-state index is -0.961. The van der Waals surface area contributed by atoms with Crippen molar-refractivity contribution in [2.75, 3.05) is 11.9 Å². The molecule has 0 aliphatic carbocycles. The van der Waals surface area contributed by atoms with Gasteiger partial charge in [-0.15, -0.1) is 0 Å². The molecule has 3 atom stereocenters. The third-order valence-electron chi connectivity index (χ3n) is 4.94. The molecule has 9 heteroatoms. The van der Waals surface area contributed by atoms with Crippen molar-refractivity contribution in [2.24, 2.45) is 0 Å². The smallest absolute Gasteiger partial charge is 0.330 e. The van der Waals surface area contributed by atoms with Crippen molar-refractivity contribution in [2.45, 2.75) is 24.9 Å². The van der Waals surface area contributed by atoms with Crippen LogP contribution in [0.15, 0.2) is 58.3 Å². The van der Waals surface area contributed by atoms with Crippen LogP contribution in [0.3, 0.4) is 0 Å². The molecule has 150 valence electrons. The third-order valence-corrected chi connectivity index (χ3v) is 4.94. The molecular weight excluding hydrogens is 378 g/mol. The van der Waals surface area contributed by atoms with Crippen molar-refractivity contribution in [3.63, 3.8) is 0 Å². The molecule has 2 aromatic carbocycles. The lowest BCUT2D eigenvalue weighted by Gasteiger charge is -2.15. The van der Waals surface area contributed by atoms with Gasteiger partial charge in [-0.3, -0.25) is 19.1 Å². The Morgan fingerprint density at radius 2 is 1.97 bits per heavy atom. The van der Waals surface area contributed by atoms with Gasteiger partial charge in [0.1, 0.15) is 17.9 Å². The molecule has 9 nitrogen and oxygen atoms in total. The number of hydrogen-bond donors (Lipinski definition) is 4. The Kier molecular flexibility index (Phi) is 5.01. The van der Waals surface area contributed by atoms with Gasteiger partial charge in [0.05, 0.1) is 12.7 Å². The monoisotopic (exact) mass is 397 g/mol. The maximum atomic E-state index is 12.8. The highest BCUT2D eigenvalue weighted by Gasteiger charge is 2.35. The van der Waals surface area contributed by atoms with Crippen molar-refractivity contribution in [3.8, 4) is 0 Å². The second-order valence-corrected chi connectivity index (χ2v) is 6.80. The van der Waals surface area contributed by atoms with Crippen LogP contribution in [0.4, 0.5) is 5.69 Å². The number of hydrogen-bond acceptors (Lipinski definition) is 6. The van der Waals surface area contributed by atoms with Gasteiger partial charge >= 0.3 is 5.69 Å². The lowest BCUT2D eigenvalue weighted by Crippen LogP contribution is -2.36. The van der Waals surface area contributed by atoms with Crippen molar-refractivity contribution in [3.05, 3.63) is 75.1 Å². The van der Waals surface area contributed by atoms with Gasteiger partial charge in [0.2, 0.25) is 0 Å². The number of carbonyl (C=O) groups is 1. The normalized spacial score (nSPS) is 21.4. The Bertz CT molecular complexity index is 1180. The van der Waals surface area contributed by atoms with E-state index >= 15 is 0 Å². The number of aromatic amines is 1. The van der Waals surface area contributed by atoms with Crippen LogP contribution in [-0.2, 0) is 4.74 Å². The summed E-state index contributed by atoms with van der Waals surface area (Å²) >= 11 is 0. The number of anilines is 1. The maximum Gasteiger partial charge on any atom is 0.330 e. The Labute approximate surface area is 164 Å². The van der Waals surface area contributed by atoms with Gasteiger partial charge in [-0.1, -0.05) is 36.4 Å². The zero-order valence-electron chi connectivity index (χ0n) is 15.2. The summed E-state index contributed by atoms with van der Waals surface area (Å²) in [7, 11) is 0. The zero-order chi connectivity index (χ0) is 20.5. The number of benzene rings is 2. The average Bonchev–Trinajstić information content (AvgIpc) is 3.08. The molecular formula is C20H19N3O6. The van der Waals surface area contributed by atoms with Crippen molar-refractivity contribution in [1.82, 2.24) is 9.55 Å². The predicted molar refractivity (Wildman–Crippen MR) is 105 cm³/mol. The summed E-state index contributed by atoms with van der Waals surface area (Å²) in [5.41, 5.74) is -1.35. The molecule has 0 spiro atoms. The Hall–Kier alpha value is -3.27. The summed E-state index contributed by atoms with van der Waals surface area (Å²) in [6.07, 6.45) is -1.56. The highest BCUT2D eigenvalue weighted by atomic mass is 16.5. The van der Waals surface area contributed by atoms with Gasteiger partial charge in [-0.25, -0.2) is 4.79 Å². The number of nitrogens with zero attached hydrogens (tertiary/aromatic N) is 1. The molecule has 1 amide bonds. The van der Waals surface area contributed by atoms with Gasteiger partial charge in [0, 0.05) is 23.7 Å². The van der Waals surface area contributed by atoms with Crippen molar-refractivity contribution >= 4 is 22.4 Å². The summed E-state index contributed by atoms with van der Waals surface area (Å²) in [4.78, 5) is 39.3. The third kappa shape index (κ3) is 3.58. The van der Waals surface area contributed by atoms with E-state index in [2.05, 4.69) is 10.3 Å². The number of amides is 1. The molecule has 0 radical (unpaired) electrons. The topological polar surface area (TPSA) is 134 Å². The molecule has 2 heterocycles. The number of aliphatic hydroxyl groups excluding tert-OH is 2. The average molecular weight is 397 g/mol. The van der Waals surface area contributed by atoms with Crippen LogP contribution in [0.5, 0.6) is 0 Å². The van der Waals surface area contributed by atoms with Gasteiger partial charge in [0.15, 0.2) is 0 Å². The largest absolute Gasteiger partial charge is 0.394 e. The first-order chi connectivity index (χ1) is 14.0. The second kappa shape index (κ2) is 7.63. The van der Waals surface area contributed by atoms with E-state index in [4.69, 9.17) is 4.74 Å². The Balaban J connectivity index is 1.67. The van der Waals surface area contributed by atoms with E-state index in [1.54, 1.807) is 12.1 Å². The number of aliphatic hydroxyl groups is 2. The van der Waals surface area contributed by atoms with Crippen LogP contribution in [-0.4, -0.2) is 44.5 Å². The van der Waals surface area contributed by atoms with Gasteiger partial charge in [0.25, 0.3) is 11.5 Å². The number of H-pyrrole nitrogens is 1. The van der Waals surface area contributed by atoms with Crippen LogP contribution < -0.4 is 16.6 Å². The van der Waals surface area contributed by atoms with Crippen LogP contribution in [0.2, 0.25) is 0 Å². The van der Waals surface area contributed by atoms with Crippen LogP contribution >= 0.6 is 0 Å². The summed E-state index contributed by atoms with van der Waals surface area (Å²) in [5, 5.41) is 23.5.